The van der Waals surface area contributed by atoms with Crippen LogP contribution in [0.1, 0.15) is 84.6 Å². The summed E-state index contributed by atoms with van der Waals surface area (Å²) in [5.41, 5.74) is 29.9. The van der Waals surface area contributed by atoms with Crippen LogP contribution in [0.4, 0.5) is 0 Å². The lowest BCUT2D eigenvalue weighted by molar-refractivity contribution is 0.590. The van der Waals surface area contributed by atoms with Gasteiger partial charge in [0.25, 0.3) is 0 Å². The van der Waals surface area contributed by atoms with E-state index >= 15 is 0 Å². The molecule has 0 fully saturated rings. The van der Waals surface area contributed by atoms with E-state index < -0.39 is 0 Å². The summed E-state index contributed by atoms with van der Waals surface area (Å²) >= 11 is 0. The van der Waals surface area contributed by atoms with Crippen LogP contribution in [0.15, 0.2) is 413 Å². The Morgan fingerprint density at radius 2 is 0.344 bits per heavy atom. The van der Waals surface area contributed by atoms with Crippen molar-refractivity contribution in [1.29, 1.82) is 0 Å². The van der Waals surface area contributed by atoms with Gasteiger partial charge in [0.1, 0.15) is 0 Å². The fraction of sp³-hybridized carbons (Fsp3) is 0.104. The Bertz CT molecular complexity index is 7520. The number of rotatable bonds is 10. The molecule has 0 nitrogen and oxygen atoms in total. The summed E-state index contributed by atoms with van der Waals surface area (Å²) in [6.45, 7) is 23.1. The average Bonchev–Trinajstić information content (AvgIpc) is 0.703. The minimum atomic E-state index is -0.0652. The molecule has 22 rings (SSSR count). The molecule has 0 heterocycles. The summed E-state index contributed by atoms with van der Waals surface area (Å²) in [5.74, 6) is 0. The van der Waals surface area contributed by atoms with Gasteiger partial charge in [-0.3, -0.25) is 0 Å². The molecule has 0 bridgehead atoms. The van der Waals surface area contributed by atoms with E-state index in [1.165, 1.54) is 241 Å². The Labute approximate surface area is 734 Å². The van der Waals surface area contributed by atoms with Gasteiger partial charge >= 0.3 is 0 Å². The minimum absolute atomic E-state index is 0.0197. The van der Waals surface area contributed by atoms with Gasteiger partial charge in [-0.05, 0) is 289 Å². The lowest BCUT2D eigenvalue weighted by atomic mass is 9.75. The van der Waals surface area contributed by atoms with Crippen LogP contribution in [-0.4, -0.2) is 0 Å². The highest BCUT2D eigenvalue weighted by molar-refractivity contribution is 6.36. The molecule has 0 aliphatic carbocycles. The Morgan fingerprint density at radius 3 is 0.648 bits per heavy atom. The predicted octanol–water partition coefficient (Wildman–Crippen LogP) is 35.8. The van der Waals surface area contributed by atoms with Crippen LogP contribution in [0, 0.1) is 6.92 Å². The lowest BCUT2D eigenvalue weighted by Gasteiger charge is -2.27. The van der Waals surface area contributed by atoms with Crippen LogP contribution in [0.2, 0.25) is 0 Å². The third-order valence-electron chi connectivity index (χ3n) is 26.4. The standard InChI is InChI=1S/C67H62.C58H36/c1-43-21-39-55-57(41-43)61(48-26-22-46(23-27-48)44-17-13-11-14-18-44)63-60(51-32-36-53(37-33-51)66(5,6)7)56-40-38-54(67(8,9)10)42-58(56)62(49-28-24-47(25-29-49)45-19-15-12-16-20-45)64(63)59(55)50-30-34-52(35-31-50)65(2,3)4;1-5-17-41-33-45(29-25-37(41)13-1)53-49-21-9-10-22-50(49)55(47-31-27-39-15-3-7-19-43(39)35-47)58-56(48-32-28-40-16-4-8-20-44(40)36-48)52-24-12-11-23-51(52)54(57(53)58)46-30-26-38-14-2-6-18-42(38)34-46/h11-42H,1-10H3;1-36H. The molecular weight excluding hydrogens is 1500 g/mol. The highest BCUT2D eigenvalue weighted by atomic mass is 14.3. The number of fused-ring (bicyclic) bond motifs is 10. The second-order valence-corrected chi connectivity index (χ2v) is 37.4. The van der Waals surface area contributed by atoms with Crippen molar-refractivity contribution in [2.24, 2.45) is 0 Å². The first-order valence-electron chi connectivity index (χ1n) is 44.2. The van der Waals surface area contributed by atoms with E-state index in [9.17, 15) is 0 Å². The third kappa shape index (κ3) is 14.1. The Kier molecular flexibility index (Phi) is 19.3. The van der Waals surface area contributed by atoms with E-state index in [2.05, 4.69) is 482 Å². The molecule has 0 saturated carbocycles. The summed E-state index contributed by atoms with van der Waals surface area (Å²) in [6, 6.07) is 155. The summed E-state index contributed by atoms with van der Waals surface area (Å²) in [6.07, 6.45) is 0. The summed E-state index contributed by atoms with van der Waals surface area (Å²) in [7, 11) is 0. The highest BCUT2D eigenvalue weighted by Crippen LogP contribution is 2.58. The van der Waals surface area contributed by atoms with Crippen LogP contribution in [0.3, 0.4) is 0 Å². The molecule has 0 saturated heterocycles. The molecule has 0 unspecified atom stereocenters. The smallest absolute Gasteiger partial charge is 0.000138 e. The Hall–Kier alpha value is -14.6. The SMILES string of the molecule is Cc1ccc2c(-c3ccc(C(C)(C)C)cc3)c3c(-c4ccc(-c5ccccc5)cc4)c4cc(C(C)(C)C)ccc4c(-c4ccc(C(C)(C)C)cc4)c3c(-c3ccc(-c4ccccc4)cc3)c2c1.c1ccc2cc(-c3c4ccccc4c(-c4ccc5ccccc5c4)c4c(-c5ccc6ccccc6c5)c5ccccc5c(-c5ccc6ccccc6c5)c34)ccc2c1. The number of aryl methyl sites for hydroxylation is 1. The molecule has 0 aromatic heterocycles. The summed E-state index contributed by atoms with van der Waals surface area (Å²) < 4.78 is 0. The first kappa shape index (κ1) is 77.7. The predicted molar refractivity (Wildman–Crippen MR) is 543 cm³/mol. The molecule has 22 aromatic rings. The molecule has 0 atom stereocenters. The number of benzene rings is 22. The molecule has 0 aliphatic heterocycles. The molecule has 125 heavy (non-hydrogen) atoms. The molecular formula is C125H98. The van der Waals surface area contributed by atoms with Crippen LogP contribution in [0.25, 0.3) is 219 Å². The third-order valence-corrected chi connectivity index (χ3v) is 26.4. The first-order chi connectivity index (χ1) is 60.8. The molecule has 22 aromatic carbocycles. The molecule has 598 valence electrons. The molecule has 0 N–H and O–H groups in total. The average molecular weight is 1600 g/mol. The van der Waals surface area contributed by atoms with Gasteiger partial charge in [-0.15, -0.1) is 0 Å². The zero-order chi connectivity index (χ0) is 85.0. The maximum Gasteiger partial charge on any atom is -0.000138 e. The molecule has 0 spiro atoms. The first-order valence-corrected chi connectivity index (χ1v) is 44.2. The van der Waals surface area contributed by atoms with Crippen LogP contribution in [-0.2, 0) is 16.2 Å². The van der Waals surface area contributed by atoms with E-state index in [0.29, 0.717) is 0 Å². The van der Waals surface area contributed by atoms with Crippen LogP contribution >= 0.6 is 0 Å². The second kappa shape index (κ2) is 31.1. The topological polar surface area (TPSA) is 0 Å². The maximum absolute atomic E-state index is 2.52. The van der Waals surface area contributed by atoms with Gasteiger partial charge in [-0.1, -0.05) is 450 Å². The Morgan fingerprint density at radius 1 is 0.136 bits per heavy atom. The fourth-order valence-electron chi connectivity index (χ4n) is 19.9. The molecule has 0 heteroatoms. The monoisotopic (exact) mass is 1600 g/mol. The van der Waals surface area contributed by atoms with Crippen molar-refractivity contribution in [3.05, 3.63) is 435 Å². The van der Waals surface area contributed by atoms with Gasteiger partial charge in [0.15, 0.2) is 0 Å². The highest BCUT2D eigenvalue weighted by Gasteiger charge is 2.31. The van der Waals surface area contributed by atoms with E-state index in [4.69, 9.17) is 0 Å². The van der Waals surface area contributed by atoms with Crippen molar-refractivity contribution in [3.63, 3.8) is 0 Å². The molecule has 0 aliphatic rings. The lowest BCUT2D eigenvalue weighted by Crippen LogP contribution is -2.11. The van der Waals surface area contributed by atoms with Crippen molar-refractivity contribution >= 4 is 108 Å². The van der Waals surface area contributed by atoms with Crippen molar-refractivity contribution in [1.82, 2.24) is 0 Å². The fourth-order valence-corrected chi connectivity index (χ4v) is 19.9. The summed E-state index contributed by atoms with van der Waals surface area (Å²) in [4.78, 5) is 0. The number of hydrogen-bond acceptors (Lipinski definition) is 0. The number of hydrogen-bond donors (Lipinski definition) is 0. The van der Waals surface area contributed by atoms with Crippen molar-refractivity contribution in [2.45, 2.75) is 85.5 Å². The van der Waals surface area contributed by atoms with Gasteiger partial charge in [0.2, 0.25) is 0 Å². The van der Waals surface area contributed by atoms with Crippen molar-refractivity contribution in [3.8, 4) is 111 Å². The zero-order valence-corrected chi connectivity index (χ0v) is 72.8. The van der Waals surface area contributed by atoms with E-state index in [1.807, 2.05) is 0 Å². The summed E-state index contributed by atoms with van der Waals surface area (Å²) in [5, 5.41) is 25.0. The molecule has 0 amide bonds. The van der Waals surface area contributed by atoms with Gasteiger partial charge in [0, 0.05) is 0 Å². The van der Waals surface area contributed by atoms with Gasteiger partial charge < -0.3 is 0 Å². The van der Waals surface area contributed by atoms with Crippen molar-refractivity contribution < 1.29 is 0 Å². The zero-order valence-electron chi connectivity index (χ0n) is 72.8. The van der Waals surface area contributed by atoms with Crippen molar-refractivity contribution in [2.75, 3.05) is 0 Å². The second-order valence-electron chi connectivity index (χ2n) is 37.4. The largest absolute Gasteiger partial charge is 0.0622 e. The van der Waals surface area contributed by atoms with Gasteiger partial charge in [0.05, 0.1) is 0 Å². The van der Waals surface area contributed by atoms with Gasteiger partial charge in [-0.2, -0.15) is 0 Å². The van der Waals surface area contributed by atoms with E-state index in [-0.39, 0.29) is 16.2 Å². The van der Waals surface area contributed by atoms with Crippen LogP contribution < -0.4 is 0 Å². The maximum atomic E-state index is 2.52. The normalized spacial score (nSPS) is 12.1. The van der Waals surface area contributed by atoms with Gasteiger partial charge in [-0.25, -0.2) is 0 Å². The Balaban J connectivity index is 0.000000154. The van der Waals surface area contributed by atoms with Crippen LogP contribution in [0.5, 0.6) is 0 Å². The quantitative estimate of drug-likeness (QED) is 0.120. The van der Waals surface area contributed by atoms with E-state index in [0.717, 1.165) is 0 Å². The van der Waals surface area contributed by atoms with E-state index in [1.54, 1.807) is 0 Å². The minimum Gasteiger partial charge on any atom is -0.0622 e. The molecule has 0 radical (unpaired) electrons.